The molecule has 0 spiro atoms. The van der Waals surface area contributed by atoms with E-state index in [-0.39, 0.29) is 11.8 Å². The summed E-state index contributed by atoms with van der Waals surface area (Å²) < 4.78 is 12.2. The summed E-state index contributed by atoms with van der Waals surface area (Å²) in [7, 11) is 0. The third-order valence-electron chi connectivity index (χ3n) is 8.24. The molecule has 1 aromatic heterocycles. The fourth-order valence-electron chi connectivity index (χ4n) is 5.90. The first-order valence-electron chi connectivity index (χ1n) is 14.7. The van der Waals surface area contributed by atoms with E-state index in [0.29, 0.717) is 18.9 Å². The second kappa shape index (κ2) is 12.6. The molecule has 0 radical (unpaired) electrons. The second-order valence-corrected chi connectivity index (χ2v) is 11.2. The first kappa shape index (κ1) is 28.5. The van der Waals surface area contributed by atoms with Gasteiger partial charge in [-0.15, -0.1) is 0 Å². The third-order valence-corrected chi connectivity index (χ3v) is 8.24. The lowest BCUT2D eigenvalue weighted by Gasteiger charge is -2.26. The van der Waals surface area contributed by atoms with Crippen molar-refractivity contribution in [2.24, 2.45) is 5.92 Å². The van der Waals surface area contributed by atoms with Gasteiger partial charge in [-0.3, -0.25) is 4.79 Å². The number of anilines is 1. The number of oxazole rings is 1. The van der Waals surface area contributed by atoms with Gasteiger partial charge in [0.25, 0.3) is 0 Å². The lowest BCUT2D eigenvalue weighted by molar-refractivity contribution is -0.141. The van der Waals surface area contributed by atoms with Gasteiger partial charge in [0.1, 0.15) is 11.5 Å². The maximum Gasteiger partial charge on any atom is 0.306 e. The summed E-state index contributed by atoms with van der Waals surface area (Å²) in [5.74, 6) is 1.20. The Morgan fingerprint density at radius 2 is 1.93 bits per heavy atom. The average Bonchev–Trinajstić information content (AvgIpc) is 3.56. The van der Waals surface area contributed by atoms with E-state index in [4.69, 9.17) is 14.1 Å². The molecule has 1 N–H and O–H groups in total. The highest BCUT2D eigenvalue weighted by molar-refractivity contribution is 5.71. The number of aryl methyl sites for hydroxylation is 3. The molecule has 2 atom stereocenters. The summed E-state index contributed by atoms with van der Waals surface area (Å²) in [4.78, 5) is 18.8. The zero-order chi connectivity index (χ0) is 28.9. The number of ether oxygens (including phenoxy) is 1. The lowest BCUT2D eigenvalue weighted by Crippen LogP contribution is -2.24. The summed E-state index contributed by atoms with van der Waals surface area (Å²) in [5.41, 5.74) is 7.92. The van der Waals surface area contributed by atoms with Crippen molar-refractivity contribution in [1.82, 2.24) is 4.98 Å². The van der Waals surface area contributed by atoms with Crippen LogP contribution in [0.3, 0.4) is 0 Å². The van der Waals surface area contributed by atoms with Crippen LogP contribution >= 0.6 is 0 Å². The molecule has 6 nitrogen and oxygen atoms in total. The highest BCUT2D eigenvalue weighted by Crippen LogP contribution is 2.40. The van der Waals surface area contributed by atoms with Gasteiger partial charge in [-0.05, 0) is 85.5 Å². The molecule has 0 amide bonds. The predicted octanol–water partition coefficient (Wildman–Crippen LogP) is 7.75. The van der Waals surface area contributed by atoms with Gasteiger partial charge < -0.3 is 19.2 Å². The molecule has 214 valence electrons. The third kappa shape index (κ3) is 6.48. The van der Waals surface area contributed by atoms with Gasteiger partial charge in [0.15, 0.2) is 0 Å². The normalized spacial score (nSPS) is 15.0. The van der Waals surface area contributed by atoms with Crippen LogP contribution in [0.4, 0.5) is 5.69 Å². The number of hydrogen-bond donors (Lipinski definition) is 1. The van der Waals surface area contributed by atoms with Crippen LogP contribution < -0.4 is 9.64 Å². The Bertz CT molecular complexity index is 1490. The summed E-state index contributed by atoms with van der Waals surface area (Å²) in [6, 6.07) is 23.1. The molecule has 0 saturated carbocycles. The van der Waals surface area contributed by atoms with Gasteiger partial charge >= 0.3 is 5.97 Å². The number of benzene rings is 3. The Morgan fingerprint density at radius 3 is 2.68 bits per heavy atom. The number of rotatable bonds is 12. The fraction of sp³-hybridized carbons (Fsp3) is 0.371. The number of hydrogen-bond acceptors (Lipinski definition) is 5. The number of fused-ring (bicyclic) bond motifs is 1. The molecule has 0 bridgehead atoms. The van der Waals surface area contributed by atoms with Crippen LogP contribution in [-0.2, 0) is 24.2 Å². The van der Waals surface area contributed by atoms with Crippen molar-refractivity contribution >= 4 is 11.7 Å². The Labute approximate surface area is 243 Å². The van der Waals surface area contributed by atoms with Crippen molar-refractivity contribution in [3.05, 3.63) is 100 Å². The summed E-state index contributed by atoms with van der Waals surface area (Å²) in [6.07, 6.45) is 3.46. The van der Waals surface area contributed by atoms with E-state index in [9.17, 15) is 9.90 Å². The molecule has 6 heteroatoms. The quantitative estimate of drug-likeness (QED) is 0.194. The molecule has 1 aliphatic rings. The van der Waals surface area contributed by atoms with Crippen molar-refractivity contribution in [1.29, 1.82) is 0 Å². The van der Waals surface area contributed by atoms with Gasteiger partial charge in [0.2, 0.25) is 5.89 Å². The topological polar surface area (TPSA) is 75.8 Å². The minimum Gasteiger partial charge on any atom is -0.493 e. The Hall–Kier alpha value is -4.06. The molecule has 0 fully saturated rings. The van der Waals surface area contributed by atoms with Crippen molar-refractivity contribution in [3.63, 3.8) is 0 Å². The molecule has 1 heterocycles. The SMILES string of the molecule is CCCN(Cc1ccccc1)c1cc(-c2nc(CCOc3ccc4c(c3)CC[C@H]4[C@H](C)C(=O)O)c(C)o2)ccc1C. The number of nitrogens with zero attached hydrogens (tertiary/aromatic N) is 2. The lowest BCUT2D eigenvalue weighted by atomic mass is 9.89. The number of carbonyl (C=O) groups is 1. The zero-order valence-corrected chi connectivity index (χ0v) is 24.5. The number of aliphatic carboxylic acids is 1. The molecule has 1 aliphatic carbocycles. The Balaban J connectivity index is 1.26. The molecule has 0 aliphatic heterocycles. The first-order chi connectivity index (χ1) is 19.8. The van der Waals surface area contributed by atoms with Crippen LogP contribution in [0.2, 0.25) is 0 Å². The largest absolute Gasteiger partial charge is 0.493 e. The summed E-state index contributed by atoms with van der Waals surface area (Å²) in [5, 5.41) is 9.43. The van der Waals surface area contributed by atoms with Crippen LogP contribution in [0.5, 0.6) is 5.75 Å². The van der Waals surface area contributed by atoms with E-state index in [0.717, 1.165) is 60.7 Å². The molecular weight excluding hydrogens is 512 g/mol. The number of carboxylic acid groups (broad SMARTS) is 1. The van der Waals surface area contributed by atoms with E-state index in [1.807, 2.05) is 19.1 Å². The van der Waals surface area contributed by atoms with Gasteiger partial charge in [-0.1, -0.05) is 56.3 Å². The van der Waals surface area contributed by atoms with Gasteiger partial charge in [0.05, 0.1) is 18.2 Å². The molecule has 0 unspecified atom stereocenters. The highest BCUT2D eigenvalue weighted by Gasteiger charge is 2.31. The molecule has 0 saturated heterocycles. The Kier molecular flexibility index (Phi) is 8.77. The van der Waals surface area contributed by atoms with Crippen LogP contribution in [0, 0.1) is 19.8 Å². The fourth-order valence-corrected chi connectivity index (χ4v) is 5.90. The smallest absolute Gasteiger partial charge is 0.306 e. The van der Waals surface area contributed by atoms with E-state index in [2.05, 4.69) is 73.3 Å². The van der Waals surface area contributed by atoms with E-state index in [1.54, 1.807) is 6.92 Å². The van der Waals surface area contributed by atoms with Crippen molar-refractivity contribution in [2.75, 3.05) is 18.1 Å². The monoisotopic (exact) mass is 552 g/mol. The average molecular weight is 553 g/mol. The van der Waals surface area contributed by atoms with Crippen LogP contribution in [0.15, 0.2) is 71.1 Å². The van der Waals surface area contributed by atoms with Crippen molar-refractivity contribution in [2.45, 2.75) is 65.8 Å². The van der Waals surface area contributed by atoms with Gasteiger partial charge in [0, 0.05) is 30.8 Å². The Morgan fingerprint density at radius 1 is 1.12 bits per heavy atom. The molecule has 4 aromatic rings. The maximum absolute atomic E-state index is 11.5. The number of aromatic nitrogens is 1. The van der Waals surface area contributed by atoms with Crippen molar-refractivity contribution in [3.8, 4) is 17.2 Å². The van der Waals surface area contributed by atoms with E-state index >= 15 is 0 Å². The summed E-state index contributed by atoms with van der Waals surface area (Å²) in [6.45, 7) is 10.4. The molecule has 41 heavy (non-hydrogen) atoms. The summed E-state index contributed by atoms with van der Waals surface area (Å²) >= 11 is 0. The van der Waals surface area contributed by atoms with Crippen LogP contribution in [-0.4, -0.2) is 29.2 Å². The second-order valence-electron chi connectivity index (χ2n) is 11.2. The minimum absolute atomic E-state index is 0.0717. The van der Waals surface area contributed by atoms with Crippen molar-refractivity contribution < 1.29 is 19.1 Å². The van der Waals surface area contributed by atoms with E-state index < -0.39 is 5.97 Å². The first-order valence-corrected chi connectivity index (χ1v) is 14.7. The zero-order valence-electron chi connectivity index (χ0n) is 24.5. The van der Waals surface area contributed by atoms with E-state index in [1.165, 1.54) is 22.4 Å². The highest BCUT2D eigenvalue weighted by atomic mass is 16.5. The van der Waals surface area contributed by atoms with Gasteiger partial charge in [-0.25, -0.2) is 4.98 Å². The van der Waals surface area contributed by atoms with Crippen LogP contribution in [0.25, 0.3) is 11.5 Å². The standard InChI is InChI=1S/C35H40N2O4/c1-5-18-37(22-26-9-7-6-8-10-26)33-21-28(12-11-23(33)2)34-36-32(25(4)41-34)17-19-40-29-14-16-31-27(20-29)13-15-30(31)24(3)35(38)39/h6-12,14,16,20-21,24,30H,5,13,15,17-19,22H2,1-4H3,(H,38,39)/t24-,30-/m0/s1. The molecular formula is C35H40N2O4. The predicted molar refractivity (Wildman–Crippen MR) is 163 cm³/mol. The van der Waals surface area contributed by atoms with Crippen LogP contribution in [0.1, 0.15) is 66.3 Å². The molecule has 5 rings (SSSR count). The number of carboxylic acids is 1. The van der Waals surface area contributed by atoms with Gasteiger partial charge in [-0.2, -0.15) is 0 Å². The maximum atomic E-state index is 11.5. The molecule has 3 aromatic carbocycles. The minimum atomic E-state index is -0.738.